The fourth-order valence-corrected chi connectivity index (χ4v) is 4.40. The van der Waals surface area contributed by atoms with E-state index in [0.717, 1.165) is 38.2 Å². The van der Waals surface area contributed by atoms with Crippen LogP contribution < -0.4 is 5.32 Å². The Hall–Kier alpha value is -1.82. The molecule has 1 atom stereocenters. The molecule has 0 bridgehead atoms. The van der Waals surface area contributed by atoms with Crippen molar-refractivity contribution in [3.8, 4) is 0 Å². The average Bonchev–Trinajstić information content (AvgIpc) is 3.31. The summed E-state index contributed by atoms with van der Waals surface area (Å²) in [7, 11) is 0. The van der Waals surface area contributed by atoms with Gasteiger partial charge in [0.2, 0.25) is 11.8 Å². The van der Waals surface area contributed by atoms with Gasteiger partial charge in [-0.1, -0.05) is 0 Å². The Kier molecular flexibility index (Phi) is 4.54. The fourth-order valence-electron chi connectivity index (χ4n) is 4.40. The zero-order valence-electron chi connectivity index (χ0n) is 14.7. The van der Waals surface area contributed by atoms with Gasteiger partial charge in [-0.15, -0.1) is 0 Å². The van der Waals surface area contributed by atoms with Gasteiger partial charge in [-0.2, -0.15) is 0 Å². The number of carbonyl (C=O) groups excluding carboxylic acids is 2. The Morgan fingerprint density at radius 2 is 2.20 bits per heavy atom. The molecule has 4 rings (SSSR count). The molecule has 1 saturated carbocycles. The number of carbonyl (C=O) groups is 2. The van der Waals surface area contributed by atoms with Crippen LogP contribution in [-0.4, -0.2) is 53.8 Å². The maximum atomic E-state index is 12.3. The zero-order chi connectivity index (χ0) is 17.3. The van der Waals surface area contributed by atoms with Gasteiger partial charge in [-0.05, 0) is 50.8 Å². The van der Waals surface area contributed by atoms with Gasteiger partial charge >= 0.3 is 0 Å². The van der Waals surface area contributed by atoms with E-state index in [4.69, 9.17) is 4.42 Å². The normalized spacial score (nSPS) is 27.7. The lowest BCUT2D eigenvalue weighted by atomic mass is 9.73. The monoisotopic (exact) mass is 345 g/mol. The van der Waals surface area contributed by atoms with Gasteiger partial charge < -0.3 is 14.6 Å². The van der Waals surface area contributed by atoms with E-state index in [1.165, 1.54) is 19.3 Å². The predicted molar refractivity (Wildman–Crippen MR) is 92.6 cm³/mol. The van der Waals surface area contributed by atoms with E-state index in [0.29, 0.717) is 31.5 Å². The molecule has 136 valence electrons. The van der Waals surface area contributed by atoms with Gasteiger partial charge in [0, 0.05) is 31.0 Å². The average molecular weight is 345 g/mol. The van der Waals surface area contributed by atoms with Crippen molar-refractivity contribution in [1.29, 1.82) is 0 Å². The minimum atomic E-state index is 0.0411. The highest BCUT2D eigenvalue weighted by molar-refractivity contribution is 5.78. The lowest BCUT2D eigenvalue weighted by molar-refractivity contribution is -0.140. The molecule has 1 aromatic heterocycles. The van der Waals surface area contributed by atoms with Crippen LogP contribution in [0.3, 0.4) is 0 Å². The Morgan fingerprint density at radius 1 is 1.32 bits per heavy atom. The molecule has 1 aliphatic carbocycles. The van der Waals surface area contributed by atoms with E-state index < -0.39 is 0 Å². The van der Waals surface area contributed by atoms with E-state index in [9.17, 15) is 9.59 Å². The quantitative estimate of drug-likeness (QED) is 0.883. The summed E-state index contributed by atoms with van der Waals surface area (Å²) in [6.07, 6.45) is 7.88. The number of hydrogen-bond donors (Lipinski definition) is 1. The topological polar surface area (TPSA) is 65.8 Å². The van der Waals surface area contributed by atoms with E-state index in [1.807, 2.05) is 12.1 Å². The number of rotatable bonds is 5. The van der Waals surface area contributed by atoms with Crippen LogP contribution in [-0.2, 0) is 16.1 Å². The summed E-state index contributed by atoms with van der Waals surface area (Å²) in [5.74, 6) is 1.15. The Labute approximate surface area is 148 Å². The second-order valence-electron chi connectivity index (χ2n) is 7.92. The van der Waals surface area contributed by atoms with Crippen LogP contribution in [0.1, 0.15) is 44.3 Å². The highest BCUT2D eigenvalue weighted by atomic mass is 16.3. The Morgan fingerprint density at radius 3 is 2.96 bits per heavy atom. The van der Waals surface area contributed by atoms with Crippen molar-refractivity contribution in [2.45, 2.75) is 51.1 Å². The van der Waals surface area contributed by atoms with Crippen molar-refractivity contribution < 1.29 is 14.0 Å². The molecular formula is C19H27N3O3. The molecule has 0 aromatic carbocycles. The smallest absolute Gasteiger partial charge is 0.234 e. The molecule has 3 fully saturated rings. The third-order valence-corrected chi connectivity index (χ3v) is 5.83. The number of nitrogens with zero attached hydrogens (tertiary/aromatic N) is 2. The van der Waals surface area contributed by atoms with Gasteiger partial charge in [0.15, 0.2) is 0 Å². The number of likely N-dealkylation sites (tertiary alicyclic amines) is 2. The Bertz CT molecular complexity index is 626. The highest BCUT2D eigenvalue weighted by Crippen LogP contribution is 2.42. The maximum absolute atomic E-state index is 12.3. The number of furan rings is 1. The van der Waals surface area contributed by atoms with Gasteiger partial charge in [0.1, 0.15) is 5.76 Å². The standard InChI is InChI=1S/C19H27N3O3/c23-17(20-11-16-3-1-10-25-16)12-21-9-2-7-19(13-21)8-6-18(24)22(14-19)15-4-5-15/h1,3,10,15H,2,4-9,11-14H2,(H,20,23). The molecule has 6 nitrogen and oxygen atoms in total. The van der Waals surface area contributed by atoms with Crippen LogP contribution >= 0.6 is 0 Å². The summed E-state index contributed by atoms with van der Waals surface area (Å²) >= 11 is 0. The predicted octanol–water partition coefficient (Wildman–Crippen LogP) is 1.76. The number of amides is 2. The lowest BCUT2D eigenvalue weighted by Crippen LogP contribution is -2.55. The number of nitrogens with one attached hydrogen (secondary N) is 1. The van der Waals surface area contributed by atoms with Crippen LogP contribution in [0.25, 0.3) is 0 Å². The van der Waals surface area contributed by atoms with Crippen molar-refractivity contribution >= 4 is 11.8 Å². The zero-order valence-corrected chi connectivity index (χ0v) is 14.7. The molecule has 6 heteroatoms. The van der Waals surface area contributed by atoms with Crippen LogP contribution in [0, 0.1) is 5.41 Å². The summed E-state index contributed by atoms with van der Waals surface area (Å²) in [4.78, 5) is 28.8. The summed E-state index contributed by atoms with van der Waals surface area (Å²) in [5, 5.41) is 2.93. The van der Waals surface area contributed by atoms with Crippen molar-refractivity contribution in [1.82, 2.24) is 15.1 Å². The molecular weight excluding hydrogens is 318 g/mol. The second kappa shape index (κ2) is 6.83. The third kappa shape index (κ3) is 3.89. The first-order valence-corrected chi connectivity index (χ1v) is 9.45. The van der Waals surface area contributed by atoms with E-state index in [-0.39, 0.29) is 11.3 Å². The maximum Gasteiger partial charge on any atom is 0.234 e. The number of piperidine rings is 2. The molecule has 2 amide bonds. The summed E-state index contributed by atoms with van der Waals surface area (Å²) in [6, 6.07) is 4.18. The third-order valence-electron chi connectivity index (χ3n) is 5.83. The molecule has 1 N–H and O–H groups in total. The fraction of sp³-hybridized carbons (Fsp3) is 0.684. The molecule has 2 aliphatic heterocycles. The van der Waals surface area contributed by atoms with Crippen LogP contribution in [0.15, 0.2) is 22.8 Å². The largest absolute Gasteiger partial charge is 0.467 e. The van der Waals surface area contributed by atoms with E-state index >= 15 is 0 Å². The summed E-state index contributed by atoms with van der Waals surface area (Å²) in [5.41, 5.74) is 0.191. The minimum absolute atomic E-state index is 0.0411. The van der Waals surface area contributed by atoms with Crippen LogP contribution in [0.4, 0.5) is 0 Å². The van der Waals surface area contributed by atoms with E-state index in [1.54, 1.807) is 6.26 Å². The van der Waals surface area contributed by atoms with Gasteiger partial charge in [-0.3, -0.25) is 14.5 Å². The molecule has 2 saturated heterocycles. The molecule has 1 unspecified atom stereocenters. The van der Waals surface area contributed by atoms with E-state index in [2.05, 4.69) is 15.1 Å². The molecule has 1 spiro atoms. The molecule has 3 aliphatic rings. The number of hydrogen-bond acceptors (Lipinski definition) is 4. The highest BCUT2D eigenvalue weighted by Gasteiger charge is 2.45. The summed E-state index contributed by atoms with van der Waals surface area (Å²) < 4.78 is 5.25. The molecule has 0 radical (unpaired) electrons. The first-order valence-electron chi connectivity index (χ1n) is 9.45. The second-order valence-corrected chi connectivity index (χ2v) is 7.92. The first kappa shape index (κ1) is 16.6. The van der Waals surface area contributed by atoms with Crippen molar-refractivity contribution in [2.75, 3.05) is 26.2 Å². The van der Waals surface area contributed by atoms with Gasteiger partial charge in [-0.25, -0.2) is 0 Å². The van der Waals surface area contributed by atoms with Crippen molar-refractivity contribution in [3.63, 3.8) is 0 Å². The minimum Gasteiger partial charge on any atom is -0.467 e. The van der Waals surface area contributed by atoms with Gasteiger partial charge in [0.25, 0.3) is 0 Å². The first-order chi connectivity index (χ1) is 12.1. The lowest BCUT2D eigenvalue weighted by Gasteiger charge is -2.48. The van der Waals surface area contributed by atoms with Crippen LogP contribution in [0.2, 0.25) is 0 Å². The molecule has 1 aromatic rings. The van der Waals surface area contributed by atoms with Crippen molar-refractivity contribution in [3.05, 3.63) is 24.2 Å². The molecule has 25 heavy (non-hydrogen) atoms. The van der Waals surface area contributed by atoms with Crippen LogP contribution in [0.5, 0.6) is 0 Å². The van der Waals surface area contributed by atoms with Crippen molar-refractivity contribution in [2.24, 2.45) is 5.41 Å². The van der Waals surface area contributed by atoms with Gasteiger partial charge in [0.05, 0.1) is 19.4 Å². The Balaban J connectivity index is 1.31. The summed E-state index contributed by atoms with van der Waals surface area (Å²) in [6.45, 7) is 3.65. The SMILES string of the molecule is O=C(CN1CCCC2(CCC(=O)N(C3CC3)C2)C1)NCc1ccco1. The molecule has 3 heterocycles.